The van der Waals surface area contributed by atoms with Gasteiger partial charge in [0.25, 0.3) is 0 Å². The van der Waals surface area contributed by atoms with E-state index in [9.17, 15) is 4.79 Å². The number of morpholine rings is 1. The molecule has 1 amide bonds. The van der Waals surface area contributed by atoms with E-state index in [1.54, 1.807) is 6.20 Å². The van der Waals surface area contributed by atoms with Gasteiger partial charge in [-0.2, -0.15) is 5.10 Å². The third-order valence-electron chi connectivity index (χ3n) is 5.00. The van der Waals surface area contributed by atoms with Crippen molar-refractivity contribution in [3.63, 3.8) is 0 Å². The molecule has 4 rings (SSSR count). The van der Waals surface area contributed by atoms with E-state index in [0.29, 0.717) is 5.92 Å². The van der Waals surface area contributed by atoms with Crippen molar-refractivity contribution >= 4 is 11.6 Å². The molecule has 0 bridgehead atoms. The number of hydrogen-bond acceptors (Lipinski definition) is 4. The molecule has 2 fully saturated rings. The van der Waals surface area contributed by atoms with Gasteiger partial charge in [0, 0.05) is 31.7 Å². The number of nitrogens with one attached hydrogen (secondary N) is 1. The van der Waals surface area contributed by atoms with Crippen molar-refractivity contribution in [1.82, 2.24) is 14.7 Å². The topological polar surface area (TPSA) is 59.4 Å². The molecule has 25 heavy (non-hydrogen) atoms. The van der Waals surface area contributed by atoms with Crippen LogP contribution in [-0.2, 0) is 16.1 Å². The van der Waals surface area contributed by atoms with Crippen molar-refractivity contribution in [1.29, 1.82) is 0 Å². The predicted molar refractivity (Wildman–Crippen MR) is 95.4 cm³/mol. The maximum Gasteiger partial charge on any atom is 0.228 e. The number of nitrogens with zero attached hydrogens (tertiary/aromatic N) is 3. The molecule has 132 valence electrons. The summed E-state index contributed by atoms with van der Waals surface area (Å²) in [5, 5.41) is 7.36. The van der Waals surface area contributed by atoms with Crippen LogP contribution in [0.2, 0.25) is 0 Å². The van der Waals surface area contributed by atoms with Crippen molar-refractivity contribution < 1.29 is 9.53 Å². The first kappa shape index (κ1) is 16.3. The number of amides is 1. The molecule has 0 spiro atoms. The largest absolute Gasteiger partial charge is 0.379 e. The van der Waals surface area contributed by atoms with Crippen molar-refractivity contribution in [3.05, 3.63) is 48.3 Å². The molecule has 0 unspecified atom stereocenters. The molecule has 6 nitrogen and oxygen atoms in total. The van der Waals surface area contributed by atoms with Crippen LogP contribution >= 0.6 is 0 Å². The zero-order valence-corrected chi connectivity index (χ0v) is 14.3. The molecule has 2 heterocycles. The molecule has 2 aliphatic rings. The Hall–Kier alpha value is -2.18. The molecule has 1 aliphatic carbocycles. The van der Waals surface area contributed by atoms with E-state index in [1.165, 1.54) is 5.56 Å². The van der Waals surface area contributed by atoms with E-state index in [2.05, 4.69) is 27.4 Å². The predicted octanol–water partition coefficient (Wildman–Crippen LogP) is 1.96. The fourth-order valence-corrected chi connectivity index (χ4v) is 3.41. The summed E-state index contributed by atoms with van der Waals surface area (Å²) in [6.45, 7) is 5.36. The second kappa shape index (κ2) is 7.37. The van der Waals surface area contributed by atoms with Gasteiger partial charge >= 0.3 is 0 Å². The Labute approximate surface area is 147 Å². The van der Waals surface area contributed by atoms with E-state index in [1.807, 2.05) is 29.1 Å². The third kappa shape index (κ3) is 4.08. The highest BCUT2D eigenvalue weighted by atomic mass is 16.5. The van der Waals surface area contributed by atoms with Gasteiger partial charge in [0.15, 0.2) is 0 Å². The molecule has 1 aromatic heterocycles. The SMILES string of the molecule is O=C(Nc1cnn(CCN2CCOCC2)c1)[C@H]1C[C@H]1c1ccccc1. The van der Waals surface area contributed by atoms with E-state index in [-0.39, 0.29) is 11.8 Å². The first-order valence-corrected chi connectivity index (χ1v) is 8.98. The second-order valence-corrected chi connectivity index (χ2v) is 6.79. The van der Waals surface area contributed by atoms with Gasteiger partial charge in [-0.3, -0.25) is 14.4 Å². The molecule has 2 aromatic rings. The Kier molecular flexibility index (Phi) is 4.81. The average molecular weight is 340 g/mol. The van der Waals surface area contributed by atoms with Gasteiger partial charge in [0.05, 0.1) is 31.6 Å². The molecular formula is C19H24N4O2. The van der Waals surface area contributed by atoms with Gasteiger partial charge in [-0.1, -0.05) is 30.3 Å². The first-order valence-electron chi connectivity index (χ1n) is 8.98. The van der Waals surface area contributed by atoms with Crippen molar-refractivity contribution in [2.75, 3.05) is 38.2 Å². The number of anilines is 1. The number of carbonyl (C=O) groups excluding carboxylic acids is 1. The van der Waals surface area contributed by atoms with E-state index < -0.39 is 0 Å². The third-order valence-corrected chi connectivity index (χ3v) is 5.00. The highest BCUT2D eigenvalue weighted by molar-refractivity contribution is 5.95. The summed E-state index contributed by atoms with van der Waals surface area (Å²) in [6, 6.07) is 10.3. The van der Waals surface area contributed by atoms with Crippen LogP contribution in [0.4, 0.5) is 5.69 Å². The molecule has 1 aliphatic heterocycles. The summed E-state index contributed by atoms with van der Waals surface area (Å²) < 4.78 is 7.25. The maximum atomic E-state index is 12.4. The molecule has 1 N–H and O–H groups in total. The molecule has 0 radical (unpaired) electrons. The van der Waals surface area contributed by atoms with Crippen LogP contribution in [0, 0.1) is 5.92 Å². The van der Waals surface area contributed by atoms with Crippen LogP contribution < -0.4 is 5.32 Å². The Morgan fingerprint density at radius 2 is 2.00 bits per heavy atom. The van der Waals surface area contributed by atoms with Crippen LogP contribution in [0.25, 0.3) is 0 Å². The van der Waals surface area contributed by atoms with Crippen LogP contribution in [0.3, 0.4) is 0 Å². The molecule has 1 saturated heterocycles. The van der Waals surface area contributed by atoms with Crippen molar-refractivity contribution in [2.24, 2.45) is 5.92 Å². The van der Waals surface area contributed by atoms with Crippen LogP contribution in [0.1, 0.15) is 17.9 Å². The normalized spacial score (nSPS) is 23.4. The van der Waals surface area contributed by atoms with Crippen LogP contribution in [0.15, 0.2) is 42.7 Å². The highest BCUT2D eigenvalue weighted by Gasteiger charge is 2.43. The number of hydrogen-bond donors (Lipinski definition) is 1. The Bertz CT molecular complexity index is 709. The molecule has 2 atom stereocenters. The van der Waals surface area contributed by atoms with Crippen molar-refractivity contribution in [2.45, 2.75) is 18.9 Å². The van der Waals surface area contributed by atoms with Gasteiger partial charge < -0.3 is 10.1 Å². The fourth-order valence-electron chi connectivity index (χ4n) is 3.41. The molecule has 6 heteroatoms. The molecule has 1 aromatic carbocycles. The lowest BCUT2D eigenvalue weighted by Gasteiger charge is -2.26. The monoisotopic (exact) mass is 340 g/mol. The van der Waals surface area contributed by atoms with Crippen molar-refractivity contribution in [3.8, 4) is 0 Å². The van der Waals surface area contributed by atoms with Crippen LogP contribution in [-0.4, -0.2) is 53.4 Å². The summed E-state index contributed by atoms with van der Waals surface area (Å²) in [7, 11) is 0. The fraction of sp³-hybridized carbons (Fsp3) is 0.474. The zero-order chi connectivity index (χ0) is 17.1. The van der Waals surface area contributed by atoms with Gasteiger partial charge in [-0.15, -0.1) is 0 Å². The molecule has 1 saturated carbocycles. The smallest absolute Gasteiger partial charge is 0.228 e. The number of ether oxygens (including phenoxy) is 1. The first-order chi connectivity index (χ1) is 12.3. The zero-order valence-electron chi connectivity index (χ0n) is 14.3. The number of benzene rings is 1. The second-order valence-electron chi connectivity index (χ2n) is 6.79. The Balaban J connectivity index is 1.26. The van der Waals surface area contributed by atoms with Crippen LogP contribution in [0.5, 0.6) is 0 Å². The quantitative estimate of drug-likeness (QED) is 0.873. The Morgan fingerprint density at radius 1 is 1.20 bits per heavy atom. The summed E-state index contributed by atoms with van der Waals surface area (Å²) in [5.41, 5.74) is 2.04. The van der Waals surface area contributed by atoms with E-state index in [4.69, 9.17) is 4.74 Å². The standard InChI is InChI=1S/C19H24N4O2/c24-19(18-12-17(18)15-4-2-1-3-5-15)21-16-13-20-23(14-16)7-6-22-8-10-25-11-9-22/h1-5,13-14,17-18H,6-12H2,(H,21,24)/t17-,18-/m0/s1. The minimum absolute atomic E-state index is 0.0825. The Morgan fingerprint density at radius 3 is 2.80 bits per heavy atom. The van der Waals surface area contributed by atoms with E-state index >= 15 is 0 Å². The summed E-state index contributed by atoms with van der Waals surface area (Å²) in [6.07, 6.45) is 4.58. The summed E-state index contributed by atoms with van der Waals surface area (Å²) in [4.78, 5) is 14.8. The number of aromatic nitrogens is 2. The lowest BCUT2D eigenvalue weighted by atomic mass is 10.1. The number of carbonyl (C=O) groups is 1. The maximum absolute atomic E-state index is 12.4. The minimum Gasteiger partial charge on any atom is -0.379 e. The molecular weight excluding hydrogens is 316 g/mol. The van der Waals surface area contributed by atoms with Gasteiger partial charge in [-0.25, -0.2) is 0 Å². The minimum atomic E-state index is 0.0825. The van der Waals surface area contributed by atoms with Gasteiger partial charge in [-0.05, 0) is 17.9 Å². The highest BCUT2D eigenvalue weighted by Crippen LogP contribution is 2.47. The summed E-state index contributed by atoms with van der Waals surface area (Å²) >= 11 is 0. The summed E-state index contributed by atoms with van der Waals surface area (Å²) in [5.74, 6) is 0.540. The lowest BCUT2D eigenvalue weighted by Crippen LogP contribution is -2.38. The average Bonchev–Trinajstić information content (AvgIpc) is 3.35. The van der Waals surface area contributed by atoms with Gasteiger partial charge in [0.2, 0.25) is 5.91 Å². The van der Waals surface area contributed by atoms with E-state index in [0.717, 1.165) is 51.5 Å². The lowest BCUT2D eigenvalue weighted by molar-refractivity contribution is -0.117. The number of rotatable bonds is 6. The van der Waals surface area contributed by atoms with Gasteiger partial charge in [0.1, 0.15) is 0 Å².